The lowest BCUT2D eigenvalue weighted by Crippen LogP contribution is -2.41. The molecule has 0 N–H and O–H groups in total. The molecule has 0 aliphatic heterocycles. The first-order valence-corrected chi connectivity index (χ1v) is 9.28. The Morgan fingerprint density at radius 1 is 0.737 bits per heavy atom. The van der Waals surface area contributed by atoms with Gasteiger partial charge in [0, 0.05) is 48.7 Å². The topological polar surface area (TPSA) is 55.4 Å². The molecule has 8 heteroatoms. The quantitative estimate of drug-likeness (QED) is 0.477. The van der Waals surface area contributed by atoms with Gasteiger partial charge in [0.2, 0.25) is 0 Å². The van der Waals surface area contributed by atoms with E-state index in [-0.39, 0.29) is 0 Å². The summed E-state index contributed by atoms with van der Waals surface area (Å²) in [5.74, 6) is 0. The van der Waals surface area contributed by atoms with Crippen molar-refractivity contribution < 1.29 is 26.6 Å². The third-order valence-electron chi connectivity index (χ3n) is 2.43. The number of rotatable bonds is 9. The van der Waals surface area contributed by atoms with E-state index in [0.29, 0.717) is 6.04 Å². The summed E-state index contributed by atoms with van der Waals surface area (Å²) < 4.78 is 30.2. The summed E-state index contributed by atoms with van der Waals surface area (Å²) in [5, 5.41) is 0. The van der Waals surface area contributed by atoms with E-state index in [1.54, 1.807) is 54.4 Å². The largest absolute Gasteiger partial charge is 0.528 e. The molecule has 0 radical (unpaired) electrons. The van der Waals surface area contributed by atoms with Gasteiger partial charge in [0.25, 0.3) is 0 Å². The van der Waals surface area contributed by atoms with Gasteiger partial charge in [-0.05, 0) is 5.70 Å². The van der Waals surface area contributed by atoms with Crippen LogP contribution in [0.5, 0.6) is 0 Å². The van der Waals surface area contributed by atoms with E-state index in [2.05, 4.69) is 13.2 Å². The Labute approximate surface area is 118 Å². The fraction of sp³-hybridized carbons (Fsp3) is 0.636. The zero-order chi connectivity index (χ0) is 15.4. The molecule has 0 atom stereocenters. The van der Waals surface area contributed by atoms with Gasteiger partial charge in [-0.2, -0.15) is 0 Å². The van der Waals surface area contributed by atoms with E-state index in [9.17, 15) is 0 Å². The highest BCUT2D eigenvalue weighted by Crippen LogP contribution is 2.11. The van der Waals surface area contributed by atoms with Crippen LogP contribution >= 0.6 is 0 Å². The second-order valence-electron chi connectivity index (χ2n) is 3.21. The summed E-state index contributed by atoms with van der Waals surface area (Å²) in [4.78, 5) is 0. The lowest BCUT2D eigenvalue weighted by atomic mass is 10.8. The summed E-state index contributed by atoms with van der Waals surface area (Å²) in [6.45, 7) is 7.12. The second kappa shape index (κ2) is 11.5. The highest BCUT2D eigenvalue weighted by Gasteiger charge is 2.35. The molecular weight excluding hydrogens is 284 g/mol. The zero-order valence-electron chi connectivity index (χ0n) is 12.7. The minimum atomic E-state index is -2.43. The lowest BCUT2D eigenvalue weighted by Gasteiger charge is -2.22. The Hall–Kier alpha value is -0.326. The van der Waals surface area contributed by atoms with Crippen molar-refractivity contribution in [1.29, 1.82) is 0 Å². The van der Waals surface area contributed by atoms with Gasteiger partial charge < -0.3 is 26.6 Å². The highest BCUT2D eigenvalue weighted by atomic mass is 28.4. The van der Waals surface area contributed by atoms with Crippen molar-refractivity contribution in [2.45, 2.75) is 6.04 Å². The molecule has 0 aromatic heterocycles. The van der Waals surface area contributed by atoms with Gasteiger partial charge in [-0.25, -0.2) is 0 Å². The Balaban J connectivity index is 0. The van der Waals surface area contributed by atoms with Crippen molar-refractivity contribution in [2.75, 3.05) is 42.7 Å². The fourth-order valence-corrected chi connectivity index (χ4v) is 3.53. The lowest BCUT2D eigenvalue weighted by molar-refractivity contribution is 0.127. The van der Waals surface area contributed by atoms with E-state index >= 15 is 0 Å². The van der Waals surface area contributed by atoms with Crippen LogP contribution in [0.2, 0.25) is 6.04 Å². The Morgan fingerprint density at radius 3 is 1.16 bits per heavy atom. The first-order chi connectivity index (χ1) is 8.99. The van der Waals surface area contributed by atoms with Crippen molar-refractivity contribution in [2.24, 2.45) is 0 Å². The maximum atomic E-state index is 5.10. The maximum absolute atomic E-state index is 5.10. The van der Waals surface area contributed by atoms with Crippen LogP contribution in [0.25, 0.3) is 0 Å². The minimum absolute atomic E-state index is 0.649. The average Bonchev–Trinajstić information content (AvgIpc) is 2.49. The van der Waals surface area contributed by atoms with Crippen molar-refractivity contribution in [3.05, 3.63) is 24.9 Å². The van der Waals surface area contributed by atoms with Gasteiger partial charge in [0.15, 0.2) is 0 Å². The van der Waals surface area contributed by atoms with E-state index in [0.717, 1.165) is 0 Å². The molecule has 114 valence electrons. The molecule has 0 spiro atoms. The summed E-state index contributed by atoms with van der Waals surface area (Å²) in [7, 11) is 4.62. The van der Waals surface area contributed by atoms with Crippen LogP contribution in [0.15, 0.2) is 24.9 Å². The van der Waals surface area contributed by atoms with Crippen LogP contribution in [0.3, 0.4) is 0 Å². The Morgan fingerprint density at radius 2 is 1.11 bits per heavy atom. The van der Waals surface area contributed by atoms with Gasteiger partial charge in [0.1, 0.15) is 0 Å². The number of hydrogen-bond donors (Lipinski definition) is 0. The number of allylic oxidation sites excluding steroid dienone is 1. The maximum Gasteiger partial charge on any atom is 0.528 e. The molecule has 0 aliphatic carbocycles. The third kappa shape index (κ3) is 7.13. The van der Waals surface area contributed by atoms with Crippen molar-refractivity contribution in [3.8, 4) is 0 Å². The minimum Gasteiger partial charge on any atom is -0.377 e. The van der Waals surface area contributed by atoms with E-state index in [1.165, 1.54) is 0 Å². The molecule has 0 aromatic rings. The fourth-order valence-electron chi connectivity index (χ4n) is 1.18. The Kier molecular flexibility index (Phi) is 12.7. The van der Waals surface area contributed by atoms with Crippen LogP contribution in [-0.4, -0.2) is 60.3 Å². The average molecular weight is 310 g/mol. The molecule has 0 fully saturated rings. The van der Waals surface area contributed by atoms with E-state index in [4.69, 9.17) is 26.6 Å². The van der Waals surface area contributed by atoms with Gasteiger partial charge in [0.05, 0.1) is 0 Å². The molecule has 0 saturated heterocycles. The van der Waals surface area contributed by atoms with Crippen LogP contribution in [0.4, 0.5) is 0 Å². The summed E-state index contributed by atoms with van der Waals surface area (Å²) >= 11 is 0. The molecule has 0 aromatic carbocycles. The molecule has 0 amide bonds. The van der Waals surface area contributed by atoms with E-state index < -0.39 is 17.6 Å². The zero-order valence-corrected chi connectivity index (χ0v) is 14.7. The van der Waals surface area contributed by atoms with Crippen molar-refractivity contribution in [1.82, 2.24) is 0 Å². The van der Waals surface area contributed by atoms with Crippen LogP contribution in [0, 0.1) is 0 Å². The van der Waals surface area contributed by atoms with Crippen molar-refractivity contribution in [3.63, 3.8) is 0 Å². The van der Waals surface area contributed by atoms with Crippen LogP contribution < -0.4 is 0 Å². The van der Waals surface area contributed by atoms with Crippen molar-refractivity contribution >= 4 is 17.6 Å². The highest BCUT2D eigenvalue weighted by molar-refractivity contribution is 6.66. The predicted octanol–water partition coefficient (Wildman–Crippen LogP) is 1.64. The van der Waals surface area contributed by atoms with Gasteiger partial charge in [-0.15, -0.1) is 6.58 Å². The van der Waals surface area contributed by atoms with Gasteiger partial charge in [-0.1, -0.05) is 12.7 Å². The smallest absolute Gasteiger partial charge is 0.377 e. The third-order valence-corrected chi connectivity index (χ3v) is 7.29. The SMILES string of the molecule is C=CC[Si](OC)(OC)OC.C=C[Si](OC)(OC)OC. The first-order valence-electron chi connectivity index (χ1n) is 5.54. The van der Waals surface area contributed by atoms with Crippen LogP contribution in [-0.2, 0) is 26.6 Å². The molecule has 0 bridgehead atoms. The molecule has 0 unspecified atom stereocenters. The molecule has 0 aliphatic rings. The summed E-state index contributed by atoms with van der Waals surface area (Å²) in [6.07, 6.45) is 1.74. The normalized spacial score (nSPS) is 11.5. The molecule has 0 rings (SSSR count). The molecule has 19 heavy (non-hydrogen) atoms. The second-order valence-corrected chi connectivity index (χ2v) is 9.05. The predicted molar refractivity (Wildman–Crippen MR) is 78.8 cm³/mol. The molecular formula is C11H26O6Si2. The standard InChI is InChI=1S/C6H14O3Si.C5H12O3Si/c1-5-6-10(7-2,8-3)9-4;1-5-9(6-2,7-3)8-4/h5H,1,6H2,2-4H3;5H,1H2,2-4H3. The van der Waals surface area contributed by atoms with Gasteiger partial charge >= 0.3 is 17.6 Å². The molecule has 0 heterocycles. The number of hydrogen-bond acceptors (Lipinski definition) is 6. The molecule has 6 nitrogen and oxygen atoms in total. The Bertz CT molecular complexity index is 225. The monoisotopic (exact) mass is 310 g/mol. The van der Waals surface area contributed by atoms with Crippen LogP contribution in [0.1, 0.15) is 0 Å². The summed E-state index contributed by atoms with van der Waals surface area (Å²) in [5.41, 5.74) is 1.58. The van der Waals surface area contributed by atoms with Gasteiger partial charge in [-0.3, -0.25) is 0 Å². The summed E-state index contributed by atoms with van der Waals surface area (Å²) in [6, 6.07) is 0.649. The van der Waals surface area contributed by atoms with E-state index in [1.807, 2.05) is 0 Å². The molecule has 0 saturated carbocycles. The first kappa shape index (κ1) is 21.0.